The van der Waals surface area contributed by atoms with Crippen molar-refractivity contribution < 1.29 is 9.47 Å². The van der Waals surface area contributed by atoms with Gasteiger partial charge in [-0.15, -0.1) is 0 Å². The zero-order valence-corrected chi connectivity index (χ0v) is 9.82. The average molecular weight is 227 g/mol. The van der Waals surface area contributed by atoms with Crippen LogP contribution in [0.1, 0.15) is 32.6 Å². The molecule has 16 heavy (non-hydrogen) atoms. The molecule has 2 aliphatic rings. The van der Waals surface area contributed by atoms with E-state index < -0.39 is 0 Å². The van der Waals surface area contributed by atoms with E-state index in [-0.39, 0.29) is 17.9 Å². The maximum Gasteiger partial charge on any atom is 0.186 e. The molecule has 92 valence electrons. The molecule has 1 aliphatic heterocycles. The third-order valence-electron chi connectivity index (χ3n) is 3.43. The molecule has 4 N–H and O–H groups in total. The molecular weight excluding hydrogens is 206 g/mol. The summed E-state index contributed by atoms with van der Waals surface area (Å²) in [5.74, 6) is 0.562. The van der Waals surface area contributed by atoms with Gasteiger partial charge in [0.2, 0.25) is 0 Å². The van der Waals surface area contributed by atoms with Gasteiger partial charge < -0.3 is 20.9 Å². The van der Waals surface area contributed by atoms with Gasteiger partial charge in [0.05, 0.1) is 13.2 Å². The quantitative estimate of drug-likeness (QED) is 0.534. The molecule has 1 saturated heterocycles. The van der Waals surface area contributed by atoms with Crippen LogP contribution in [0.2, 0.25) is 0 Å². The summed E-state index contributed by atoms with van der Waals surface area (Å²) < 4.78 is 11.7. The van der Waals surface area contributed by atoms with Crippen LogP contribution in [0.25, 0.3) is 0 Å². The lowest BCUT2D eigenvalue weighted by Gasteiger charge is -2.34. The van der Waals surface area contributed by atoms with Crippen LogP contribution in [-0.4, -0.2) is 31.0 Å². The molecular formula is C11H21N3O2. The van der Waals surface area contributed by atoms with E-state index in [1.165, 1.54) is 12.8 Å². The van der Waals surface area contributed by atoms with Crippen LogP contribution < -0.4 is 11.5 Å². The van der Waals surface area contributed by atoms with Crippen molar-refractivity contribution in [2.75, 3.05) is 13.2 Å². The van der Waals surface area contributed by atoms with Gasteiger partial charge in [0.1, 0.15) is 6.10 Å². The van der Waals surface area contributed by atoms with Crippen LogP contribution >= 0.6 is 0 Å². The first-order valence-electron chi connectivity index (χ1n) is 5.97. The summed E-state index contributed by atoms with van der Waals surface area (Å²) >= 11 is 0. The Morgan fingerprint density at radius 3 is 2.69 bits per heavy atom. The smallest absolute Gasteiger partial charge is 0.186 e. The molecule has 0 bridgehead atoms. The highest BCUT2D eigenvalue weighted by Crippen LogP contribution is 2.39. The third-order valence-corrected chi connectivity index (χ3v) is 3.43. The van der Waals surface area contributed by atoms with Crippen molar-refractivity contribution in [1.29, 1.82) is 0 Å². The fourth-order valence-corrected chi connectivity index (χ4v) is 2.38. The molecule has 1 aliphatic carbocycles. The van der Waals surface area contributed by atoms with Gasteiger partial charge >= 0.3 is 0 Å². The van der Waals surface area contributed by atoms with Crippen LogP contribution in [-0.2, 0) is 9.47 Å². The first kappa shape index (κ1) is 11.7. The highest BCUT2D eigenvalue weighted by molar-refractivity contribution is 5.75. The van der Waals surface area contributed by atoms with Gasteiger partial charge in [0.15, 0.2) is 11.7 Å². The van der Waals surface area contributed by atoms with Crippen LogP contribution in [0, 0.1) is 5.92 Å². The minimum absolute atomic E-state index is 0.00973. The van der Waals surface area contributed by atoms with Crippen molar-refractivity contribution in [3.05, 3.63) is 0 Å². The molecule has 1 saturated carbocycles. The van der Waals surface area contributed by atoms with Gasteiger partial charge in [0, 0.05) is 12.8 Å². The maximum atomic E-state index is 5.95. The molecule has 0 unspecified atom stereocenters. The number of nitrogens with two attached hydrogens (primary N) is 2. The van der Waals surface area contributed by atoms with E-state index in [0.717, 1.165) is 18.8 Å². The van der Waals surface area contributed by atoms with E-state index in [0.29, 0.717) is 13.2 Å². The lowest BCUT2D eigenvalue weighted by atomic mass is 9.86. The van der Waals surface area contributed by atoms with Crippen molar-refractivity contribution in [3.8, 4) is 0 Å². The molecule has 0 amide bonds. The minimum atomic E-state index is -0.337. The zero-order valence-electron chi connectivity index (χ0n) is 9.82. The number of rotatable bonds is 2. The monoisotopic (exact) mass is 227 g/mol. The Hall–Kier alpha value is -0.810. The Balaban J connectivity index is 1.85. The second kappa shape index (κ2) is 4.59. The fourth-order valence-electron chi connectivity index (χ4n) is 2.38. The van der Waals surface area contributed by atoms with Gasteiger partial charge in [-0.25, -0.2) is 0 Å². The van der Waals surface area contributed by atoms with Crippen molar-refractivity contribution in [3.63, 3.8) is 0 Å². The fraction of sp³-hybridized carbons (Fsp3) is 0.909. The van der Waals surface area contributed by atoms with Gasteiger partial charge in [-0.05, 0) is 18.8 Å². The van der Waals surface area contributed by atoms with Crippen molar-refractivity contribution in [1.82, 2.24) is 0 Å². The zero-order chi connectivity index (χ0) is 11.6. The van der Waals surface area contributed by atoms with Crippen molar-refractivity contribution in [2.45, 2.75) is 44.5 Å². The van der Waals surface area contributed by atoms with Gasteiger partial charge in [-0.1, -0.05) is 6.92 Å². The molecule has 0 aromatic carbocycles. The number of guanidine groups is 1. The topological polar surface area (TPSA) is 82.9 Å². The van der Waals surface area contributed by atoms with Gasteiger partial charge in [0.25, 0.3) is 0 Å². The van der Waals surface area contributed by atoms with Gasteiger partial charge in [-0.3, -0.25) is 4.99 Å². The number of hydrogen-bond acceptors (Lipinski definition) is 3. The SMILES string of the molecule is CC1CCC2(CC1)OC[C@H](CN=C(N)N)O2. The first-order valence-corrected chi connectivity index (χ1v) is 5.97. The highest BCUT2D eigenvalue weighted by atomic mass is 16.7. The average Bonchev–Trinajstić information content (AvgIpc) is 2.64. The van der Waals surface area contributed by atoms with Crippen LogP contribution in [0.4, 0.5) is 0 Å². The van der Waals surface area contributed by atoms with E-state index in [1.807, 2.05) is 0 Å². The van der Waals surface area contributed by atoms with E-state index >= 15 is 0 Å². The normalized spacial score (nSPS) is 38.8. The molecule has 1 heterocycles. The minimum Gasteiger partial charge on any atom is -0.370 e. The van der Waals surface area contributed by atoms with Crippen LogP contribution in [0.5, 0.6) is 0 Å². The lowest BCUT2D eigenvalue weighted by molar-refractivity contribution is -0.190. The van der Waals surface area contributed by atoms with Gasteiger partial charge in [-0.2, -0.15) is 0 Å². The van der Waals surface area contributed by atoms with E-state index in [1.54, 1.807) is 0 Å². The Kier molecular flexibility index (Phi) is 3.35. The Morgan fingerprint density at radius 1 is 1.38 bits per heavy atom. The largest absolute Gasteiger partial charge is 0.370 e. The standard InChI is InChI=1S/C11H21N3O2/c1-8-2-4-11(5-3-8)15-7-9(16-11)6-14-10(12)13/h8-9H,2-7H2,1H3,(H4,12,13,14)/t8?,9-,11?/m0/s1. The number of ether oxygens (including phenoxy) is 2. The molecule has 1 atom stereocenters. The molecule has 5 nitrogen and oxygen atoms in total. The molecule has 2 rings (SSSR count). The second-order valence-electron chi connectivity index (χ2n) is 4.91. The van der Waals surface area contributed by atoms with E-state index in [4.69, 9.17) is 20.9 Å². The van der Waals surface area contributed by atoms with E-state index in [9.17, 15) is 0 Å². The summed E-state index contributed by atoms with van der Waals surface area (Å²) in [7, 11) is 0. The Labute approximate surface area is 96.2 Å². The summed E-state index contributed by atoms with van der Waals surface area (Å²) in [6.45, 7) is 3.38. The summed E-state index contributed by atoms with van der Waals surface area (Å²) in [6, 6.07) is 0. The number of nitrogens with zero attached hydrogens (tertiary/aromatic N) is 1. The Morgan fingerprint density at radius 2 is 2.06 bits per heavy atom. The predicted molar refractivity (Wildman–Crippen MR) is 61.9 cm³/mol. The summed E-state index contributed by atoms with van der Waals surface area (Å²) in [5.41, 5.74) is 10.6. The summed E-state index contributed by atoms with van der Waals surface area (Å²) in [6.07, 6.45) is 4.35. The summed E-state index contributed by atoms with van der Waals surface area (Å²) in [4.78, 5) is 3.97. The lowest BCUT2D eigenvalue weighted by Crippen LogP contribution is -2.35. The number of aliphatic imine (C=N–C) groups is 1. The highest BCUT2D eigenvalue weighted by Gasteiger charge is 2.43. The maximum absolute atomic E-state index is 5.95. The first-order chi connectivity index (χ1) is 7.60. The van der Waals surface area contributed by atoms with Crippen LogP contribution in [0.3, 0.4) is 0 Å². The molecule has 0 radical (unpaired) electrons. The Bertz CT molecular complexity index is 268. The molecule has 1 spiro atoms. The van der Waals surface area contributed by atoms with Crippen LogP contribution in [0.15, 0.2) is 4.99 Å². The second-order valence-corrected chi connectivity index (χ2v) is 4.91. The summed E-state index contributed by atoms with van der Waals surface area (Å²) in [5, 5.41) is 0. The van der Waals surface area contributed by atoms with Crippen molar-refractivity contribution in [2.24, 2.45) is 22.4 Å². The molecule has 5 heteroatoms. The predicted octanol–water partition coefficient (Wildman–Crippen LogP) is 0.582. The van der Waals surface area contributed by atoms with Crippen molar-refractivity contribution >= 4 is 5.96 Å². The van der Waals surface area contributed by atoms with E-state index in [2.05, 4.69) is 11.9 Å². The number of hydrogen-bond donors (Lipinski definition) is 2. The third kappa shape index (κ3) is 2.65. The molecule has 2 fully saturated rings. The molecule has 0 aromatic heterocycles. The molecule has 0 aromatic rings.